The molecule has 1 amide bonds. The van der Waals surface area contributed by atoms with E-state index in [4.69, 9.17) is 20.0 Å². The lowest BCUT2D eigenvalue weighted by molar-refractivity contribution is -0.123. The molecule has 2 aromatic rings. The average molecular weight is 334 g/mol. The molecule has 0 aliphatic heterocycles. The zero-order valence-electron chi connectivity index (χ0n) is 13.2. The summed E-state index contributed by atoms with van der Waals surface area (Å²) in [7, 11) is 0. The molecule has 0 bridgehead atoms. The van der Waals surface area contributed by atoms with E-state index in [0.29, 0.717) is 17.1 Å². The molecule has 0 heterocycles. The van der Waals surface area contributed by atoms with E-state index >= 15 is 0 Å². The zero-order chi connectivity index (χ0) is 17.9. The second-order valence-corrected chi connectivity index (χ2v) is 4.73. The Morgan fingerprint density at radius 3 is 2.32 bits per heavy atom. The van der Waals surface area contributed by atoms with Gasteiger partial charge in [-0.05, 0) is 54.1 Å². The van der Waals surface area contributed by atoms with Crippen molar-refractivity contribution in [3.63, 3.8) is 0 Å². The lowest BCUT2D eigenvalue weighted by Gasteiger charge is -2.04. The van der Waals surface area contributed by atoms with Crippen molar-refractivity contribution in [1.82, 2.24) is 5.43 Å². The molecule has 0 radical (unpaired) electrons. The van der Waals surface area contributed by atoms with E-state index in [1.54, 1.807) is 48.5 Å². The topological polar surface area (TPSA) is 108 Å². The number of carbonyl (C=O) groups excluding carboxylic acids is 1. The zero-order valence-corrected chi connectivity index (χ0v) is 13.2. The maximum atomic E-state index is 11.6. The maximum absolute atomic E-state index is 11.6. The monoisotopic (exact) mass is 334 g/mol. The van der Waals surface area contributed by atoms with Crippen molar-refractivity contribution in [2.24, 2.45) is 5.10 Å². The van der Waals surface area contributed by atoms with Gasteiger partial charge in [-0.3, -0.25) is 4.79 Å². The van der Waals surface area contributed by atoms with Gasteiger partial charge in [0.25, 0.3) is 5.91 Å². The molecule has 0 aliphatic carbocycles. The minimum Gasteiger partial charge on any atom is -0.484 e. The second-order valence-electron chi connectivity index (χ2n) is 4.73. The van der Waals surface area contributed by atoms with Crippen LogP contribution in [0.1, 0.15) is 11.1 Å². The van der Waals surface area contributed by atoms with Gasteiger partial charge in [-0.25, -0.2) is 5.43 Å². The Morgan fingerprint density at radius 1 is 1.04 bits per heavy atom. The predicted octanol–water partition coefficient (Wildman–Crippen LogP) is 1.99. The van der Waals surface area contributed by atoms with Crippen molar-refractivity contribution < 1.29 is 14.3 Å². The smallest absolute Gasteiger partial charge is 0.277 e. The van der Waals surface area contributed by atoms with Crippen LogP contribution in [0.5, 0.6) is 11.5 Å². The van der Waals surface area contributed by atoms with E-state index in [1.807, 2.05) is 12.1 Å². The highest BCUT2D eigenvalue weighted by atomic mass is 16.5. The molecule has 2 rings (SSSR count). The van der Waals surface area contributed by atoms with Gasteiger partial charge in [-0.1, -0.05) is 0 Å². The molecule has 0 aromatic heterocycles. The standard InChI is InChI=1S/C18H14N4O3/c19-9-10-24-16-7-3-15(4-8-16)12-21-22-18(23)13-25-17-5-1-14(11-20)2-6-17/h1-8,12H,10,13H2,(H,22,23)/b21-12-. The van der Waals surface area contributed by atoms with Gasteiger partial charge in [0.2, 0.25) is 0 Å². The van der Waals surface area contributed by atoms with Crippen LogP contribution < -0.4 is 14.9 Å². The lowest BCUT2D eigenvalue weighted by atomic mass is 10.2. The molecule has 1 N–H and O–H groups in total. The normalized spacial score (nSPS) is 9.84. The van der Waals surface area contributed by atoms with Crippen LogP contribution in [0.2, 0.25) is 0 Å². The molecule has 7 heteroatoms. The fraction of sp³-hybridized carbons (Fsp3) is 0.111. The van der Waals surface area contributed by atoms with Crippen LogP contribution in [0.15, 0.2) is 53.6 Å². The number of nitrogens with one attached hydrogen (secondary N) is 1. The second kappa shape index (κ2) is 9.33. The summed E-state index contributed by atoms with van der Waals surface area (Å²) in [5.74, 6) is 0.666. The number of rotatable bonds is 7. The van der Waals surface area contributed by atoms with Crippen LogP contribution in [0.3, 0.4) is 0 Å². The molecule has 2 aromatic carbocycles. The highest BCUT2D eigenvalue weighted by molar-refractivity contribution is 5.83. The summed E-state index contributed by atoms with van der Waals surface area (Å²) in [6, 6.07) is 17.2. The number of hydrazone groups is 1. The average Bonchev–Trinajstić information content (AvgIpc) is 2.66. The number of nitrogens with zero attached hydrogens (tertiary/aromatic N) is 3. The Morgan fingerprint density at radius 2 is 1.68 bits per heavy atom. The first-order valence-electron chi connectivity index (χ1n) is 7.26. The van der Waals surface area contributed by atoms with Crippen molar-refractivity contribution in [2.45, 2.75) is 0 Å². The quantitative estimate of drug-likeness (QED) is 0.615. The van der Waals surface area contributed by atoms with Gasteiger partial charge in [-0.15, -0.1) is 0 Å². The molecule has 0 spiro atoms. The number of nitriles is 2. The molecule has 0 saturated carbocycles. The van der Waals surface area contributed by atoms with E-state index in [-0.39, 0.29) is 13.2 Å². The summed E-state index contributed by atoms with van der Waals surface area (Å²) in [6.45, 7) is -0.201. The van der Waals surface area contributed by atoms with Crippen LogP contribution in [0, 0.1) is 22.7 Å². The Bertz CT molecular complexity index is 815. The third-order valence-corrected chi connectivity index (χ3v) is 2.94. The van der Waals surface area contributed by atoms with Gasteiger partial charge >= 0.3 is 0 Å². The highest BCUT2D eigenvalue weighted by Gasteiger charge is 2.01. The molecule has 124 valence electrons. The number of ether oxygens (including phenoxy) is 2. The Labute approximate surface area is 144 Å². The summed E-state index contributed by atoms with van der Waals surface area (Å²) in [5.41, 5.74) is 3.63. The lowest BCUT2D eigenvalue weighted by Crippen LogP contribution is -2.24. The number of amides is 1. The minimum atomic E-state index is -0.408. The summed E-state index contributed by atoms with van der Waals surface area (Å²) in [6.07, 6.45) is 1.48. The molecule has 25 heavy (non-hydrogen) atoms. The summed E-state index contributed by atoms with van der Waals surface area (Å²) in [5, 5.41) is 21.0. The molecule has 7 nitrogen and oxygen atoms in total. The Kier molecular flexibility index (Phi) is 6.54. The van der Waals surface area contributed by atoms with Gasteiger partial charge in [0, 0.05) is 0 Å². The molecular formula is C18H14N4O3. The van der Waals surface area contributed by atoms with Gasteiger partial charge in [-0.2, -0.15) is 15.6 Å². The fourth-order valence-electron chi connectivity index (χ4n) is 1.75. The van der Waals surface area contributed by atoms with Crippen molar-refractivity contribution >= 4 is 12.1 Å². The molecule has 0 aliphatic rings. The van der Waals surface area contributed by atoms with Crippen LogP contribution in [-0.2, 0) is 4.79 Å². The number of benzene rings is 2. The molecule has 0 atom stereocenters. The summed E-state index contributed by atoms with van der Waals surface area (Å²) in [4.78, 5) is 11.6. The largest absolute Gasteiger partial charge is 0.484 e. The number of carbonyl (C=O) groups is 1. The summed E-state index contributed by atoms with van der Waals surface area (Å²) < 4.78 is 10.4. The summed E-state index contributed by atoms with van der Waals surface area (Å²) >= 11 is 0. The Balaban J connectivity index is 1.76. The van der Waals surface area contributed by atoms with Crippen LogP contribution >= 0.6 is 0 Å². The first kappa shape index (κ1) is 17.5. The number of hydrogen-bond donors (Lipinski definition) is 1. The van der Waals surface area contributed by atoms with Crippen molar-refractivity contribution in [3.05, 3.63) is 59.7 Å². The Hall–Kier alpha value is -3.84. The van der Waals surface area contributed by atoms with E-state index < -0.39 is 5.91 Å². The molecule has 0 unspecified atom stereocenters. The van der Waals surface area contributed by atoms with Gasteiger partial charge in [0.1, 0.15) is 17.6 Å². The van der Waals surface area contributed by atoms with E-state index in [0.717, 1.165) is 5.56 Å². The SMILES string of the molecule is N#CCOc1ccc(/C=N\NC(=O)COc2ccc(C#N)cc2)cc1. The first-order valence-corrected chi connectivity index (χ1v) is 7.26. The van der Waals surface area contributed by atoms with Crippen molar-refractivity contribution in [3.8, 4) is 23.6 Å². The number of hydrogen-bond acceptors (Lipinski definition) is 6. The first-order chi connectivity index (χ1) is 12.2. The van der Waals surface area contributed by atoms with Crippen LogP contribution in [0.25, 0.3) is 0 Å². The van der Waals surface area contributed by atoms with Crippen LogP contribution in [-0.4, -0.2) is 25.3 Å². The van der Waals surface area contributed by atoms with E-state index in [9.17, 15) is 4.79 Å². The molecular weight excluding hydrogens is 320 g/mol. The van der Waals surface area contributed by atoms with Gasteiger partial charge < -0.3 is 9.47 Å². The van der Waals surface area contributed by atoms with Gasteiger partial charge in [0.05, 0.1) is 17.8 Å². The van der Waals surface area contributed by atoms with E-state index in [2.05, 4.69) is 10.5 Å². The van der Waals surface area contributed by atoms with E-state index in [1.165, 1.54) is 6.21 Å². The minimum absolute atomic E-state index is 0.0112. The van der Waals surface area contributed by atoms with Gasteiger partial charge in [0.15, 0.2) is 13.2 Å². The van der Waals surface area contributed by atoms with Crippen LogP contribution in [0.4, 0.5) is 0 Å². The maximum Gasteiger partial charge on any atom is 0.277 e. The third-order valence-electron chi connectivity index (χ3n) is 2.94. The third kappa shape index (κ3) is 6.05. The highest BCUT2D eigenvalue weighted by Crippen LogP contribution is 2.11. The van der Waals surface area contributed by atoms with Crippen molar-refractivity contribution in [1.29, 1.82) is 10.5 Å². The fourth-order valence-corrected chi connectivity index (χ4v) is 1.75. The van der Waals surface area contributed by atoms with Crippen molar-refractivity contribution in [2.75, 3.05) is 13.2 Å². The molecule has 0 saturated heterocycles. The predicted molar refractivity (Wildman–Crippen MR) is 89.9 cm³/mol. The molecule has 0 fully saturated rings.